The zero-order valence-corrected chi connectivity index (χ0v) is 16.7. The first kappa shape index (κ1) is 18.5. The van der Waals surface area contributed by atoms with Crippen molar-refractivity contribution in [2.75, 3.05) is 7.11 Å². The monoisotopic (exact) mass is 369 g/mol. The van der Waals surface area contributed by atoms with Crippen molar-refractivity contribution in [1.82, 2.24) is 5.32 Å². The molecule has 1 amide bonds. The number of ether oxygens (including phenoxy) is 1. The summed E-state index contributed by atoms with van der Waals surface area (Å²) < 4.78 is 4.93. The molecule has 0 radical (unpaired) electrons. The number of rotatable bonds is 5. The summed E-state index contributed by atoms with van der Waals surface area (Å²) in [5, 5.41) is 3.08. The normalized spacial score (nSPS) is 35.1. The third-order valence-corrected chi connectivity index (χ3v) is 7.34. The molecule has 1 N–H and O–H groups in total. The zero-order valence-electron chi connectivity index (χ0n) is 16.7. The lowest BCUT2D eigenvalue weighted by Gasteiger charge is -2.61. The van der Waals surface area contributed by atoms with Crippen LogP contribution in [0.2, 0.25) is 0 Å². The van der Waals surface area contributed by atoms with Crippen molar-refractivity contribution in [3.8, 4) is 0 Å². The molecule has 5 atom stereocenters. The number of methoxy groups -OCH3 is 1. The molecule has 4 fully saturated rings. The van der Waals surface area contributed by atoms with E-state index in [0.29, 0.717) is 11.8 Å². The minimum Gasteiger partial charge on any atom is -0.467 e. The minimum absolute atomic E-state index is 0.0124. The van der Waals surface area contributed by atoms with Crippen molar-refractivity contribution in [2.45, 2.75) is 63.8 Å². The van der Waals surface area contributed by atoms with Crippen LogP contribution in [0.5, 0.6) is 0 Å². The van der Waals surface area contributed by atoms with Gasteiger partial charge in [0, 0.05) is 0 Å². The van der Waals surface area contributed by atoms with Gasteiger partial charge in [-0.05, 0) is 67.3 Å². The lowest BCUT2D eigenvalue weighted by atomic mass is 9.42. The summed E-state index contributed by atoms with van der Waals surface area (Å²) in [6, 6.07) is 10.2. The summed E-state index contributed by atoms with van der Waals surface area (Å²) in [6.45, 7) is 3.90. The highest BCUT2D eigenvalue weighted by Crippen LogP contribution is 2.65. The Morgan fingerprint density at radius 2 is 1.70 bits per heavy atom. The molecule has 4 aliphatic carbocycles. The lowest BCUT2D eigenvalue weighted by molar-refractivity contribution is -0.155. The minimum atomic E-state index is -0.567. The highest BCUT2D eigenvalue weighted by atomic mass is 16.5. The fourth-order valence-corrected chi connectivity index (χ4v) is 6.58. The Balaban J connectivity index is 1.63. The van der Waals surface area contributed by atoms with Crippen LogP contribution in [-0.4, -0.2) is 25.0 Å². The van der Waals surface area contributed by atoms with Crippen LogP contribution in [0.4, 0.5) is 0 Å². The van der Waals surface area contributed by atoms with Crippen molar-refractivity contribution in [1.29, 1.82) is 0 Å². The second-order valence-corrected chi connectivity index (χ2v) is 9.61. The third-order valence-electron chi connectivity index (χ3n) is 7.34. The quantitative estimate of drug-likeness (QED) is 0.803. The van der Waals surface area contributed by atoms with Gasteiger partial charge in [0.25, 0.3) is 0 Å². The Morgan fingerprint density at radius 3 is 2.26 bits per heavy atom. The van der Waals surface area contributed by atoms with Crippen LogP contribution in [-0.2, 0) is 19.7 Å². The highest BCUT2D eigenvalue weighted by Gasteiger charge is 2.61. The van der Waals surface area contributed by atoms with E-state index in [-0.39, 0.29) is 28.6 Å². The molecule has 0 aromatic heterocycles. The number of hydrogen-bond donors (Lipinski definition) is 1. The fraction of sp³-hybridized carbons (Fsp3) is 0.652. The summed E-state index contributed by atoms with van der Waals surface area (Å²) in [6.07, 6.45) is 6.51. The van der Waals surface area contributed by atoms with Gasteiger partial charge in [-0.3, -0.25) is 4.79 Å². The van der Waals surface area contributed by atoms with E-state index in [9.17, 15) is 9.59 Å². The molecule has 4 aliphatic rings. The fourth-order valence-electron chi connectivity index (χ4n) is 6.58. The number of carbonyl (C=O) groups excluding carboxylic acids is 2. The van der Waals surface area contributed by atoms with E-state index >= 15 is 0 Å². The summed E-state index contributed by atoms with van der Waals surface area (Å²) in [5.41, 5.74) is 1.19. The Kier molecular flexibility index (Phi) is 4.56. The summed E-state index contributed by atoms with van der Waals surface area (Å²) in [7, 11) is 1.39. The largest absolute Gasteiger partial charge is 0.467 e. The molecule has 0 spiro atoms. The van der Waals surface area contributed by atoms with Crippen molar-refractivity contribution in [3.63, 3.8) is 0 Å². The topological polar surface area (TPSA) is 55.4 Å². The molecule has 0 saturated heterocycles. The van der Waals surface area contributed by atoms with Gasteiger partial charge in [-0.15, -0.1) is 0 Å². The summed E-state index contributed by atoms with van der Waals surface area (Å²) in [4.78, 5) is 25.6. The van der Waals surface area contributed by atoms with E-state index in [2.05, 4.69) is 35.6 Å². The van der Waals surface area contributed by atoms with E-state index in [0.717, 1.165) is 19.3 Å². The molecule has 1 aromatic rings. The van der Waals surface area contributed by atoms with Gasteiger partial charge in [-0.2, -0.15) is 0 Å². The standard InChI is InChI=1S/C23H31NO3/c1-15(2)19(20(25)27-3)24-21(26)23-12-16-9-17(13-23)11-22(10-16,14-23)18-7-5-4-6-8-18/h4-8,15-17,19H,9-14H2,1-3H3,(H,24,26)/t16-,17+,19-,22?,23?/m0/s1. The molecule has 146 valence electrons. The van der Waals surface area contributed by atoms with Crippen LogP contribution < -0.4 is 5.32 Å². The van der Waals surface area contributed by atoms with E-state index in [1.54, 1.807) is 0 Å². The molecule has 2 unspecified atom stereocenters. The smallest absolute Gasteiger partial charge is 0.328 e. The molecular weight excluding hydrogens is 338 g/mol. The number of carbonyl (C=O) groups is 2. The average Bonchev–Trinajstić information content (AvgIpc) is 2.64. The highest BCUT2D eigenvalue weighted by molar-refractivity contribution is 5.88. The van der Waals surface area contributed by atoms with Gasteiger partial charge in [-0.1, -0.05) is 44.2 Å². The first-order valence-corrected chi connectivity index (χ1v) is 10.3. The molecule has 27 heavy (non-hydrogen) atoms. The third kappa shape index (κ3) is 3.07. The van der Waals surface area contributed by atoms with Gasteiger partial charge in [-0.25, -0.2) is 4.79 Å². The number of esters is 1. The van der Waals surface area contributed by atoms with Crippen molar-refractivity contribution in [2.24, 2.45) is 23.2 Å². The maximum absolute atomic E-state index is 13.5. The molecule has 1 aromatic carbocycles. The molecule has 4 nitrogen and oxygen atoms in total. The molecule has 4 bridgehead atoms. The van der Waals surface area contributed by atoms with Gasteiger partial charge in [0.2, 0.25) is 5.91 Å². The van der Waals surface area contributed by atoms with Crippen molar-refractivity contribution < 1.29 is 14.3 Å². The van der Waals surface area contributed by atoms with Gasteiger partial charge in [0.1, 0.15) is 6.04 Å². The maximum atomic E-state index is 13.5. The van der Waals surface area contributed by atoms with Gasteiger partial charge < -0.3 is 10.1 Å². The van der Waals surface area contributed by atoms with Gasteiger partial charge >= 0.3 is 5.97 Å². The predicted octanol–water partition coefficient (Wildman–Crippen LogP) is 3.84. The van der Waals surface area contributed by atoms with Crippen molar-refractivity contribution in [3.05, 3.63) is 35.9 Å². The molecule has 4 heteroatoms. The average molecular weight is 370 g/mol. The molecule has 0 aliphatic heterocycles. The Morgan fingerprint density at radius 1 is 1.07 bits per heavy atom. The van der Waals surface area contributed by atoms with Crippen LogP contribution in [0.3, 0.4) is 0 Å². The second kappa shape index (κ2) is 6.65. The van der Waals surface area contributed by atoms with Crippen molar-refractivity contribution >= 4 is 11.9 Å². The number of hydrogen-bond acceptors (Lipinski definition) is 3. The SMILES string of the molecule is COC(=O)[C@@H](NC(=O)C12C[C@H]3C[C@@H](C1)CC(c1ccccc1)(C3)C2)C(C)C. The Bertz CT molecular complexity index is 712. The number of benzene rings is 1. The van der Waals surface area contributed by atoms with E-state index < -0.39 is 6.04 Å². The summed E-state index contributed by atoms with van der Waals surface area (Å²) in [5.74, 6) is 0.973. The number of nitrogens with one attached hydrogen (secondary N) is 1. The Hall–Kier alpha value is -1.84. The zero-order chi connectivity index (χ0) is 19.2. The summed E-state index contributed by atoms with van der Waals surface area (Å²) >= 11 is 0. The number of amides is 1. The van der Waals surface area contributed by atoms with E-state index in [1.807, 2.05) is 13.8 Å². The maximum Gasteiger partial charge on any atom is 0.328 e. The van der Waals surface area contributed by atoms with Crippen LogP contribution >= 0.6 is 0 Å². The second-order valence-electron chi connectivity index (χ2n) is 9.61. The van der Waals surface area contributed by atoms with Gasteiger partial charge in [0.05, 0.1) is 12.5 Å². The van der Waals surface area contributed by atoms with Crippen LogP contribution in [0, 0.1) is 23.2 Å². The van der Waals surface area contributed by atoms with Crippen LogP contribution in [0.15, 0.2) is 30.3 Å². The molecule has 0 heterocycles. The first-order chi connectivity index (χ1) is 12.9. The van der Waals surface area contributed by atoms with Crippen LogP contribution in [0.25, 0.3) is 0 Å². The Labute approximate surface area is 162 Å². The molecule has 4 saturated carbocycles. The predicted molar refractivity (Wildman–Crippen MR) is 104 cm³/mol. The van der Waals surface area contributed by atoms with E-state index in [4.69, 9.17) is 4.74 Å². The first-order valence-electron chi connectivity index (χ1n) is 10.3. The van der Waals surface area contributed by atoms with Gasteiger partial charge in [0.15, 0.2) is 0 Å². The van der Waals surface area contributed by atoms with E-state index in [1.165, 1.54) is 31.9 Å². The van der Waals surface area contributed by atoms with Crippen LogP contribution in [0.1, 0.15) is 57.9 Å². The molecular formula is C23H31NO3. The lowest BCUT2D eigenvalue weighted by Crippen LogP contribution is -2.61. The molecule has 5 rings (SSSR count).